The number of carbonyl (C=O) groups excluding carboxylic acids is 2. The Kier molecular flexibility index (Phi) is 11.0. The zero-order valence-electron chi connectivity index (χ0n) is 23.1. The molecule has 3 rings (SSSR count). The Labute approximate surface area is 247 Å². The molecule has 0 saturated carbocycles. The number of carbonyl (C=O) groups is 2. The highest BCUT2D eigenvalue weighted by atomic mass is 35.5. The van der Waals surface area contributed by atoms with E-state index in [1.54, 1.807) is 19.1 Å². The second-order valence-electron chi connectivity index (χ2n) is 10.1. The molecule has 0 aliphatic rings. The van der Waals surface area contributed by atoms with E-state index in [1.807, 2.05) is 51.1 Å². The van der Waals surface area contributed by atoms with E-state index in [0.717, 1.165) is 15.4 Å². The maximum absolute atomic E-state index is 13.9. The van der Waals surface area contributed by atoms with Gasteiger partial charge in [-0.2, -0.15) is 0 Å². The monoisotopic (exact) mass is 603 g/mol. The Hall–Kier alpha value is -3.07. The maximum Gasteiger partial charge on any atom is 0.264 e. The first kappa shape index (κ1) is 31.5. The number of halogens is 2. The molecule has 3 aromatic rings. The Balaban J connectivity index is 1.98. The number of aryl methyl sites for hydroxylation is 1. The molecule has 0 aliphatic carbocycles. The van der Waals surface area contributed by atoms with Crippen LogP contribution in [0.1, 0.15) is 31.9 Å². The van der Waals surface area contributed by atoms with Gasteiger partial charge in [-0.25, -0.2) is 8.42 Å². The number of hydrogen-bond acceptors (Lipinski definition) is 4. The molecule has 0 unspecified atom stereocenters. The number of amides is 2. The number of hydrogen-bond donors (Lipinski definition) is 1. The lowest BCUT2D eigenvalue weighted by atomic mass is 10.1. The Bertz CT molecular complexity index is 1410. The third-order valence-electron chi connectivity index (χ3n) is 6.42. The highest BCUT2D eigenvalue weighted by Crippen LogP contribution is 2.31. The molecule has 0 fully saturated rings. The molecule has 0 radical (unpaired) electrons. The third kappa shape index (κ3) is 8.22. The topological polar surface area (TPSA) is 86.8 Å². The van der Waals surface area contributed by atoms with Crippen molar-refractivity contribution in [3.05, 3.63) is 94.0 Å². The Morgan fingerprint density at radius 2 is 1.55 bits per heavy atom. The second-order valence-corrected chi connectivity index (χ2v) is 12.7. The summed E-state index contributed by atoms with van der Waals surface area (Å²) in [7, 11) is -4.18. The van der Waals surface area contributed by atoms with E-state index >= 15 is 0 Å². The van der Waals surface area contributed by atoms with Crippen LogP contribution in [0.4, 0.5) is 5.69 Å². The average molecular weight is 605 g/mol. The summed E-state index contributed by atoms with van der Waals surface area (Å²) in [5.41, 5.74) is 2.07. The van der Waals surface area contributed by atoms with E-state index in [2.05, 4.69) is 5.32 Å². The van der Waals surface area contributed by atoms with Crippen molar-refractivity contribution in [3.8, 4) is 0 Å². The molecule has 40 heavy (non-hydrogen) atoms. The lowest BCUT2D eigenvalue weighted by Crippen LogP contribution is -2.52. The van der Waals surface area contributed by atoms with Gasteiger partial charge in [-0.1, -0.05) is 85.1 Å². The Morgan fingerprint density at radius 1 is 0.900 bits per heavy atom. The van der Waals surface area contributed by atoms with Crippen LogP contribution >= 0.6 is 23.2 Å². The van der Waals surface area contributed by atoms with Crippen molar-refractivity contribution in [2.45, 2.75) is 45.1 Å². The van der Waals surface area contributed by atoms with Crippen LogP contribution in [0.2, 0.25) is 10.0 Å². The number of sulfonamides is 1. The number of rotatable bonds is 12. The molecule has 7 nitrogen and oxygen atoms in total. The van der Waals surface area contributed by atoms with E-state index in [0.29, 0.717) is 13.0 Å². The highest BCUT2D eigenvalue weighted by molar-refractivity contribution is 7.92. The van der Waals surface area contributed by atoms with Crippen LogP contribution in [0.25, 0.3) is 0 Å². The molecule has 0 bridgehead atoms. The standard InChI is InChI=1S/C30H35Cl2N3O4S/c1-21(2)19-33-30(37)23(4)34(17-16-24-8-6-5-7-9-24)29(36)20-35(25-12-15-27(31)28(32)18-25)40(38,39)26-13-10-22(3)11-14-26/h5-15,18,21,23H,16-17,19-20H2,1-4H3,(H,33,37)/t23-/m0/s1. The molecule has 2 amide bonds. The smallest absolute Gasteiger partial charge is 0.264 e. The zero-order chi connectivity index (χ0) is 29.4. The summed E-state index contributed by atoms with van der Waals surface area (Å²) in [5.74, 6) is -0.600. The summed E-state index contributed by atoms with van der Waals surface area (Å²) in [6.07, 6.45) is 0.492. The van der Waals surface area contributed by atoms with E-state index in [4.69, 9.17) is 23.2 Å². The molecule has 3 aromatic carbocycles. The van der Waals surface area contributed by atoms with Crippen LogP contribution < -0.4 is 9.62 Å². The lowest BCUT2D eigenvalue weighted by molar-refractivity contribution is -0.138. The minimum Gasteiger partial charge on any atom is -0.354 e. The zero-order valence-corrected chi connectivity index (χ0v) is 25.4. The van der Waals surface area contributed by atoms with Gasteiger partial charge in [0.2, 0.25) is 11.8 Å². The maximum atomic E-state index is 13.9. The molecule has 0 heterocycles. The van der Waals surface area contributed by atoms with E-state index in [9.17, 15) is 18.0 Å². The fraction of sp³-hybridized carbons (Fsp3) is 0.333. The summed E-state index contributed by atoms with van der Waals surface area (Å²) in [5, 5.41) is 3.28. The number of benzene rings is 3. The number of anilines is 1. The van der Waals surface area contributed by atoms with Crippen LogP contribution in [0.3, 0.4) is 0 Å². The van der Waals surface area contributed by atoms with Crippen molar-refractivity contribution < 1.29 is 18.0 Å². The highest BCUT2D eigenvalue weighted by Gasteiger charge is 2.32. The number of nitrogens with one attached hydrogen (secondary N) is 1. The predicted molar refractivity (Wildman–Crippen MR) is 161 cm³/mol. The first-order valence-electron chi connectivity index (χ1n) is 13.1. The molecule has 1 atom stereocenters. The van der Waals surface area contributed by atoms with Crippen molar-refractivity contribution in [3.63, 3.8) is 0 Å². The van der Waals surface area contributed by atoms with Crippen LogP contribution in [-0.4, -0.2) is 50.8 Å². The molecule has 214 valence electrons. The van der Waals surface area contributed by atoms with Gasteiger partial charge in [0.25, 0.3) is 10.0 Å². The van der Waals surface area contributed by atoms with Crippen molar-refractivity contribution in [1.29, 1.82) is 0 Å². The van der Waals surface area contributed by atoms with Gasteiger partial charge < -0.3 is 10.2 Å². The summed E-state index contributed by atoms with van der Waals surface area (Å²) < 4.78 is 28.7. The summed E-state index contributed by atoms with van der Waals surface area (Å²) in [4.78, 5) is 28.4. The first-order chi connectivity index (χ1) is 18.9. The van der Waals surface area contributed by atoms with Gasteiger partial charge in [-0.05, 0) is 62.1 Å². The van der Waals surface area contributed by atoms with Gasteiger partial charge in [0, 0.05) is 13.1 Å². The van der Waals surface area contributed by atoms with Crippen LogP contribution in [0.15, 0.2) is 77.7 Å². The molecule has 0 saturated heterocycles. The van der Waals surface area contributed by atoms with E-state index in [-0.39, 0.29) is 39.0 Å². The molecule has 10 heteroatoms. The van der Waals surface area contributed by atoms with Crippen LogP contribution in [0, 0.1) is 12.8 Å². The number of nitrogens with zero attached hydrogens (tertiary/aromatic N) is 2. The molecular weight excluding hydrogens is 569 g/mol. The van der Waals surface area contributed by atoms with E-state index < -0.39 is 28.5 Å². The summed E-state index contributed by atoms with van der Waals surface area (Å²) in [6, 6.07) is 19.5. The van der Waals surface area contributed by atoms with Gasteiger partial charge in [0.1, 0.15) is 12.6 Å². The van der Waals surface area contributed by atoms with Crippen LogP contribution in [-0.2, 0) is 26.0 Å². The minimum absolute atomic E-state index is 0.0236. The normalized spacial score (nSPS) is 12.2. The third-order valence-corrected chi connectivity index (χ3v) is 8.94. The van der Waals surface area contributed by atoms with Crippen molar-refractivity contribution in [1.82, 2.24) is 10.2 Å². The molecule has 0 aliphatic heterocycles. The van der Waals surface area contributed by atoms with Gasteiger partial charge in [-0.3, -0.25) is 13.9 Å². The van der Waals surface area contributed by atoms with Crippen molar-refractivity contribution >= 4 is 50.7 Å². The SMILES string of the molecule is Cc1ccc(S(=O)(=O)N(CC(=O)N(CCc2ccccc2)[C@@H](C)C(=O)NCC(C)C)c2ccc(Cl)c(Cl)c2)cc1. The van der Waals surface area contributed by atoms with Gasteiger partial charge in [-0.15, -0.1) is 0 Å². The van der Waals surface area contributed by atoms with Crippen molar-refractivity contribution in [2.75, 3.05) is 23.9 Å². The second kappa shape index (κ2) is 14.0. The molecule has 0 aromatic heterocycles. The fourth-order valence-electron chi connectivity index (χ4n) is 4.03. The lowest BCUT2D eigenvalue weighted by Gasteiger charge is -2.32. The van der Waals surface area contributed by atoms with Crippen molar-refractivity contribution in [2.24, 2.45) is 5.92 Å². The fourth-order valence-corrected chi connectivity index (χ4v) is 5.73. The Morgan fingerprint density at radius 3 is 2.15 bits per heavy atom. The van der Waals surface area contributed by atoms with Gasteiger partial charge in [0.15, 0.2) is 0 Å². The molecule has 0 spiro atoms. The molecule has 1 N–H and O–H groups in total. The quantitative estimate of drug-likeness (QED) is 0.286. The molecular formula is C30H35Cl2N3O4S. The predicted octanol–water partition coefficient (Wildman–Crippen LogP) is 5.73. The van der Waals surface area contributed by atoms with E-state index in [1.165, 1.54) is 35.2 Å². The summed E-state index contributed by atoms with van der Waals surface area (Å²) in [6.45, 7) is 7.61. The van der Waals surface area contributed by atoms with Crippen LogP contribution in [0.5, 0.6) is 0 Å². The largest absolute Gasteiger partial charge is 0.354 e. The minimum atomic E-state index is -4.18. The summed E-state index contributed by atoms with van der Waals surface area (Å²) >= 11 is 12.3. The first-order valence-corrected chi connectivity index (χ1v) is 15.2. The average Bonchev–Trinajstić information content (AvgIpc) is 2.92. The van der Waals surface area contributed by atoms with Gasteiger partial charge >= 0.3 is 0 Å². The van der Waals surface area contributed by atoms with Gasteiger partial charge in [0.05, 0.1) is 20.6 Å².